The first-order chi connectivity index (χ1) is 7.81. The molecule has 2 rings (SSSR count). The molecule has 0 aromatic carbocycles. The van der Waals surface area contributed by atoms with Crippen molar-refractivity contribution in [2.45, 2.75) is 38.6 Å². The van der Waals surface area contributed by atoms with Crippen LogP contribution in [-0.2, 0) is 4.74 Å². The summed E-state index contributed by atoms with van der Waals surface area (Å²) in [7, 11) is 0. The normalized spacial score (nSPS) is 25.2. The Morgan fingerprint density at radius 1 is 1.44 bits per heavy atom. The zero-order chi connectivity index (χ0) is 11.4. The standard InChI is InChI=1S/C12H22N2O2/c1-2-16-12(15)14(11-5-6-11)9-10-4-3-7-13-8-10/h10-11,13H,2-9H2,1H3. The van der Waals surface area contributed by atoms with Crippen LogP contribution in [0.15, 0.2) is 0 Å². The second-order valence-electron chi connectivity index (χ2n) is 4.79. The summed E-state index contributed by atoms with van der Waals surface area (Å²) in [6, 6.07) is 0.459. The number of carbonyl (C=O) groups is 1. The van der Waals surface area contributed by atoms with Gasteiger partial charge in [-0.2, -0.15) is 0 Å². The molecule has 1 N–H and O–H groups in total. The van der Waals surface area contributed by atoms with E-state index in [1.165, 1.54) is 12.8 Å². The third-order valence-corrected chi connectivity index (χ3v) is 3.34. The Kier molecular flexibility index (Phi) is 4.04. The molecule has 1 aliphatic heterocycles. The molecule has 1 heterocycles. The SMILES string of the molecule is CCOC(=O)N(CC1CCCNC1)C1CC1. The predicted molar refractivity (Wildman–Crippen MR) is 62.3 cm³/mol. The van der Waals surface area contributed by atoms with Crippen LogP contribution >= 0.6 is 0 Å². The molecule has 1 atom stereocenters. The quantitative estimate of drug-likeness (QED) is 0.791. The van der Waals surface area contributed by atoms with Gasteiger partial charge in [0.15, 0.2) is 0 Å². The van der Waals surface area contributed by atoms with Crippen molar-refractivity contribution >= 4 is 6.09 Å². The Labute approximate surface area is 97.3 Å². The van der Waals surface area contributed by atoms with E-state index in [4.69, 9.17) is 4.74 Å². The molecule has 2 fully saturated rings. The van der Waals surface area contributed by atoms with Crippen molar-refractivity contribution in [3.05, 3.63) is 0 Å². The highest BCUT2D eigenvalue weighted by molar-refractivity contribution is 5.68. The smallest absolute Gasteiger partial charge is 0.410 e. The van der Waals surface area contributed by atoms with E-state index in [0.29, 0.717) is 18.6 Å². The van der Waals surface area contributed by atoms with Gasteiger partial charge in [-0.25, -0.2) is 4.79 Å². The lowest BCUT2D eigenvalue weighted by Crippen LogP contribution is -2.42. The number of ether oxygens (including phenoxy) is 1. The predicted octanol–water partition coefficient (Wildman–Crippen LogP) is 1.61. The number of rotatable bonds is 4. The van der Waals surface area contributed by atoms with Crippen molar-refractivity contribution < 1.29 is 9.53 Å². The minimum absolute atomic E-state index is 0.115. The molecule has 4 nitrogen and oxygen atoms in total. The van der Waals surface area contributed by atoms with E-state index in [9.17, 15) is 4.79 Å². The van der Waals surface area contributed by atoms with Gasteiger partial charge in [-0.15, -0.1) is 0 Å². The van der Waals surface area contributed by atoms with Gasteiger partial charge in [0.1, 0.15) is 0 Å². The second-order valence-corrected chi connectivity index (χ2v) is 4.79. The first-order valence-electron chi connectivity index (χ1n) is 6.45. The largest absolute Gasteiger partial charge is 0.450 e. The van der Waals surface area contributed by atoms with Crippen LogP contribution in [0.4, 0.5) is 4.79 Å². The molecular weight excluding hydrogens is 204 g/mol. The molecule has 0 aromatic rings. The minimum Gasteiger partial charge on any atom is -0.450 e. The molecule has 1 amide bonds. The third kappa shape index (κ3) is 3.11. The van der Waals surface area contributed by atoms with Crippen molar-refractivity contribution in [3.63, 3.8) is 0 Å². The minimum atomic E-state index is -0.115. The van der Waals surface area contributed by atoms with Crippen molar-refractivity contribution in [1.82, 2.24) is 10.2 Å². The molecule has 1 aliphatic carbocycles. The van der Waals surface area contributed by atoms with Gasteiger partial charge in [0.05, 0.1) is 6.61 Å². The summed E-state index contributed by atoms with van der Waals surface area (Å²) >= 11 is 0. The highest BCUT2D eigenvalue weighted by atomic mass is 16.6. The average molecular weight is 226 g/mol. The van der Waals surface area contributed by atoms with Crippen LogP contribution in [0.25, 0.3) is 0 Å². The topological polar surface area (TPSA) is 41.6 Å². The van der Waals surface area contributed by atoms with Crippen LogP contribution in [0.5, 0.6) is 0 Å². The molecular formula is C12H22N2O2. The summed E-state index contributed by atoms with van der Waals surface area (Å²) in [4.78, 5) is 13.7. The van der Waals surface area contributed by atoms with Crippen molar-refractivity contribution in [2.24, 2.45) is 5.92 Å². The van der Waals surface area contributed by atoms with Crippen molar-refractivity contribution in [3.8, 4) is 0 Å². The molecule has 4 heteroatoms. The van der Waals surface area contributed by atoms with Crippen LogP contribution < -0.4 is 5.32 Å². The lowest BCUT2D eigenvalue weighted by molar-refractivity contribution is 0.0951. The molecule has 1 saturated heterocycles. The van der Waals surface area contributed by atoms with Gasteiger partial charge in [0, 0.05) is 12.6 Å². The van der Waals surface area contributed by atoms with Crippen LogP contribution in [-0.4, -0.2) is 43.3 Å². The summed E-state index contributed by atoms with van der Waals surface area (Å²) in [5.41, 5.74) is 0. The van der Waals surface area contributed by atoms with Gasteiger partial charge >= 0.3 is 6.09 Å². The van der Waals surface area contributed by atoms with Crippen molar-refractivity contribution in [2.75, 3.05) is 26.2 Å². The number of piperidine rings is 1. The van der Waals surface area contributed by atoms with Crippen molar-refractivity contribution in [1.29, 1.82) is 0 Å². The van der Waals surface area contributed by atoms with Gasteiger partial charge < -0.3 is 15.0 Å². The fraction of sp³-hybridized carbons (Fsp3) is 0.917. The van der Waals surface area contributed by atoms with Gasteiger partial charge in [-0.05, 0) is 51.6 Å². The second kappa shape index (κ2) is 5.53. The molecule has 2 aliphatic rings. The fourth-order valence-corrected chi connectivity index (χ4v) is 2.32. The fourth-order valence-electron chi connectivity index (χ4n) is 2.32. The van der Waals surface area contributed by atoms with Gasteiger partial charge in [-0.1, -0.05) is 0 Å². The Bertz CT molecular complexity index is 235. The third-order valence-electron chi connectivity index (χ3n) is 3.34. The number of hydrogen-bond acceptors (Lipinski definition) is 3. The Hall–Kier alpha value is -0.770. The van der Waals surface area contributed by atoms with E-state index >= 15 is 0 Å². The van der Waals surface area contributed by atoms with Gasteiger partial charge in [0.2, 0.25) is 0 Å². The van der Waals surface area contributed by atoms with Gasteiger partial charge in [0.25, 0.3) is 0 Å². The Morgan fingerprint density at radius 2 is 2.25 bits per heavy atom. The summed E-state index contributed by atoms with van der Waals surface area (Å²) in [6.45, 7) is 5.38. The maximum Gasteiger partial charge on any atom is 0.410 e. The summed E-state index contributed by atoms with van der Waals surface area (Å²) < 4.78 is 5.11. The zero-order valence-corrected chi connectivity index (χ0v) is 10.1. The van der Waals surface area contributed by atoms with E-state index in [1.807, 2.05) is 11.8 Å². The van der Waals surface area contributed by atoms with Gasteiger partial charge in [-0.3, -0.25) is 0 Å². The molecule has 0 bridgehead atoms. The molecule has 1 unspecified atom stereocenters. The number of hydrogen-bond donors (Lipinski definition) is 1. The monoisotopic (exact) mass is 226 g/mol. The zero-order valence-electron chi connectivity index (χ0n) is 10.1. The van der Waals surface area contributed by atoms with Crippen LogP contribution in [0.1, 0.15) is 32.6 Å². The number of nitrogens with zero attached hydrogens (tertiary/aromatic N) is 1. The summed E-state index contributed by atoms with van der Waals surface area (Å²) in [5, 5.41) is 3.39. The Morgan fingerprint density at radius 3 is 2.81 bits per heavy atom. The summed E-state index contributed by atoms with van der Waals surface area (Å²) in [5.74, 6) is 0.610. The number of nitrogens with one attached hydrogen (secondary N) is 1. The van der Waals surface area contributed by atoms with E-state index < -0.39 is 0 Å². The number of carbonyl (C=O) groups excluding carboxylic acids is 1. The maximum absolute atomic E-state index is 11.8. The van der Waals surface area contributed by atoms with E-state index in [-0.39, 0.29) is 6.09 Å². The highest BCUT2D eigenvalue weighted by Gasteiger charge is 2.35. The number of amides is 1. The molecule has 0 radical (unpaired) electrons. The molecule has 1 saturated carbocycles. The van der Waals surface area contributed by atoms with E-state index in [2.05, 4.69) is 5.32 Å². The first kappa shape index (κ1) is 11.7. The lowest BCUT2D eigenvalue weighted by atomic mass is 9.99. The first-order valence-corrected chi connectivity index (χ1v) is 6.45. The van der Waals surface area contributed by atoms with Crippen LogP contribution in [0.3, 0.4) is 0 Å². The van der Waals surface area contributed by atoms with E-state index in [1.54, 1.807) is 0 Å². The molecule has 16 heavy (non-hydrogen) atoms. The van der Waals surface area contributed by atoms with Crippen LogP contribution in [0, 0.1) is 5.92 Å². The lowest BCUT2D eigenvalue weighted by Gasteiger charge is -2.29. The van der Waals surface area contributed by atoms with Crippen LogP contribution in [0.2, 0.25) is 0 Å². The average Bonchev–Trinajstić information content (AvgIpc) is 3.11. The maximum atomic E-state index is 11.8. The summed E-state index contributed by atoms with van der Waals surface area (Å²) in [6.07, 6.45) is 4.65. The molecule has 0 aromatic heterocycles. The molecule has 0 spiro atoms. The molecule has 92 valence electrons. The highest BCUT2D eigenvalue weighted by Crippen LogP contribution is 2.29. The Balaban J connectivity index is 1.83. The van der Waals surface area contributed by atoms with E-state index in [0.717, 1.165) is 32.5 Å².